The summed E-state index contributed by atoms with van der Waals surface area (Å²) < 4.78 is 24.8. The molecule has 0 saturated carbocycles. The molecule has 4 aromatic rings. The van der Waals surface area contributed by atoms with Crippen LogP contribution in [0, 0.1) is 5.82 Å². The van der Waals surface area contributed by atoms with Crippen molar-refractivity contribution in [3.05, 3.63) is 41.3 Å². The molecule has 0 aliphatic carbocycles. The first-order valence-electron chi connectivity index (χ1n) is 8.32. The van der Waals surface area contributed by atoms with Crippen LogP contribution in [0.25, 0.3) is 31.8 Å². The average molecular weight is 404 g/mol. The van der Waals surface area contributed by atoms with Crippen LogP contribution < -0.4 is 9.47 Å². The summed E-state index contributed by atoms with van der Waals surface area (Å²) in [5.74, 6) is 0.117. The maximum Gasteiger partial charge on any atom is 0.251 e. The first-order chi connectivity index (χ1) is 13.1. The van der Waals surface area contributed by atoms with Gasteiger partial charge >= 0.3 is 0 Å². The topological polar surface area (TPSA) is 57.1 Å². The van der Waals surface area contributed by atoms with Crippen LogP contribution in [0.2, 0.25) is 5.02 Å². The standard InChI is InChI=1S/C19H15ClFN3O2S/c1-3-4-26-17-14(21)8-15-19(24-17)27-18(23-15)13-7-11(20)5-10-6-12(25-2)9-22-16(10)13/h5-9H,3-4H2,1-2H3. The Morgan fingerprint density at radius 1 is 1.19 bits per heavy atom. The lowest BCUT2D eigenvalue weighted by atomic mass is 10.1. The third-order valence-corrected chi connectivity index (χ3v) is 5.15. The fourth-order valence-electron chi connectivity index (χ4n) is 2.71. The van der Waals surface area contributed by atoms with Crippen molar-refractivity contribution >= 4 is 44.2 Å². The normalized spacial score (nSPS) is 11.3. The summed E-state index contributed by atoms with van der Waals surface area (Å²) in [6.45, 7) is 2.36. The Kier molecular flexibility index (Phi) is 4.80. The van der Waals surface area contributed by atoms with Gasteiger partial charge in [-0.3, -0.25) is 4.98 Å². The van der Waals surface area contributed by atoms with E-state index < -0.39 is 5.82 Å². The maximum absolute atomic E-state index is 14.2. The summed E-state index contributed by atoms with van der Waals surface area (Å²) in [6.07, 6.45) is 2.42. The summed E-state index contributed by atoms with van der Waals surface area (Å²) in [7, 11) is 1.58. The zero-order valence-electron chi connectivity index (χ0n) is 14.6. The molecule has 5 nitrogen and oxygen atoms in total. The van der Waals surface area contributed by atoms with Crippen LogP contribution >= 0.6 is 22.9 Å². The van der Waals surface area contributed by atoms with Crippen molar-refractivity contribution in [3.8, 4) is 22.2 Å². The van der Waals surface area contributed by atoms with E-state index in [4.69, 9.17) is 21.1 Å². The van der Waals surface area contributed by atoms with Gasteiger partial charge in [0, 0.05) is 22.0 Å². The number of rotatable bonds is 5. The zero-order chi connectivity index (χ0) is 19.0. The van der Waals surface area contributed by atoms with Crippen LogP contribution in [0.5, 0.6) is 11.6 Å². The Balaban J connectivity index is 1.86. The van der Waals surface area contributed by atoms with Crippen LogP contribution in [0.3, 0.4) is 0 Å². The molecule has 3 aromatic heterocycles. The van der Waals surface area contributed by atoms with Gasteiger partial charge in [0.1, 0.15) is 21.1 Å². The number of aromatic nitrogens is 3. The summed E-state index contributed by atoms with van der Waals surface area (Å²) >= 11 is 7.63. The predicted octanol–water partition coefficient (Wildman–Crippen LogP) is 5.50. The van der Waals surface area contributed by atoms with Gasteiger partial charge in [-0.15, -0.1) is 0 Å². The second kappa shape index (κ2) is 7.25. The Morgan fingerprint density at radius 2 is 2.04 bits per heavy atom. The molecule has 0 fully saturated rings. The number of nitrogens with zero attached hydrogens (tertiary/aromatic N) is 3. The fourth-order valence-corrected chi connectivity index (χ4v) is 3.87. The molecule has 0 radical (unpaired) electrons. The van der Waals surface area contributed by atoms with Crippen molar-refractivity contribution in [2.45, 2.75) is 13.3 Å². The van der Waals surface area contributed by atoms with E-state index in [1.807, 2.05) is 19.1 Å². The second-order valence-electron chi connectivity index (χ2n) is 5.87. The zero-order valence-corrected chi connectivity index (χ0v) is 16.2. The van der Waals surface area contributed by atoms with Crippen LogP contribution in [-0.4, -0.2) is 28.7 Å². The SMILES string of the molecule is CCCOc1nc2sc(-c3cc(Cl)cc4cc(OC)cnc34)nc2cc1F. The van der Waals surface area contributed by atoms with Gasteiger partial charge in [-0.2, -0.15) is 4.98 Å². The fraction of sp³-hybridized carbons (Fsp3) is 0.211. The molecule has 138 valence electrons. The second-order valence-corrected chi connectivity index (χ2v) is 7.28. The highest BCUT2D eigenvalue weighted by Crippen LogP contribution is 2.37. The van der Waals surface area contributed by atoms with Gasteiger partial charge in [-0.25, -0.2) is 9.37 Å². The average Bonchev–Trinajstić information content (AvgIpc) is 3.07. The van der Waals surface area contributed by atoms with Gasteiger partial charge in [-0.1, -0.05) is 29.9 Å². The number of thiazole rings is 1. The number of fused-ring (bicyclic) bond motifs is 2. The highest BCUT2D eigenvalue weighted by atomic mass is 35.5. The van der Waals surface area contributed by atoms with Crippen LogP contribution in [-0.2, 0) is 0 Å². The molecule has 0 amide bonds. The Labute approximate surface area is 163 Å². The highest BCUT2D eigenvalue weighted by molar-refractivity contribution is 7.21. The molecule has 0 bridgehead atoms. The van der Waals surface area contributed by atoms with Crippen LogP contribution in [0.1, 0.15) is 13.3 Å². The van der Waals surface area contributed by atoms with Crippen molar-refractivity contribution in [2.24, 2.45) is 0 Å². The minimum absolute atomic E-state index is 0.00152. The third-order valence-electron chi connectivity index (χ3n) is 3.94. The minimum atomic E-state index is -0.522. The number of hydrogen-bond acceptors (Lipinski definition) is 6. The monoisotopic (exact) mass is 403 g/mol. The van der Waals surface area contributed by atoms with E-state index in [1.165, 1.54) is 17.4 Å². The first-order valence-corrected chi connectivity index (χ1v) is 9.52. The Bertz CT molecular complexity index is 1150. The van der Waals surface area contributed by atoms with E-state index in [1.54, 1.807) is 19.4 Å². The largest absolute Gasteiger partial charge is 0.495 e. The molecule has 0 saturated heterocycles. The van der Waals surface area contributed by atoms with E-state index in [0.29, 0.717) is 32.7 Å². The van der Waals surface area contributed by atoms with Gasteiger partial charge < -0.3 is 9.47 Å². The van der Waals surface area contributed by atoms with E-state index in [9.17, 15) is 4.39 Å². The van der Waals surface area contributed by atoms with Gasteiger partial charge in [0.2, 0.25) is 0 Å². The van der Waals surface area contributed by atoms with E-state index in [0.717, 1.165) is 22.9 Å². The predicted molar refractivity (Wildman–Crippen MR) is 105 cm³/mol. The molecular formula is C19H15ClFN3O2S. The maximum atomic E-state index is 14.2. The number of benzene rings is 1. The van der Waals surface area contributed by atoms with Gasteiger partial charge in [-0.05, 0) is 24.6 Å². The number of ether oxygens (including phenoxy) is 2. The quantitative estimate of drug-likeness (QED) is 0.440. The summed E-state index contributed by atoms with van der Waals surface area (Å²) in [4.78, 5) is 13.9. The van der Waals surface area contributed by atoms with Crippen molar-refractivity contribution in [1.29, 1.82) is 0 Å². The van der Waals surface area contributed by atoms with Crippen molar-refractivity contribution in [1.82, 2.24) is 15.0 Å². The van der Waals surface area contributed by atoms with Crippen molar-refractivity contribution < 1.29 is 13.9 Å². The molecule has 4 rings (SSSR count). The smallest absolute Gasteiger partial charge is 0.251 e. The van der Waals surface area contributed by atoms with E-state index >= 15 is 0 Å². The lowest BCUT2D eigenvalue weighted by Gasteiger charge is -2.06. The van der Waals surface area contributed by atoms with Gasteiger partial charge in [0.15, 0.2) is 5.82 Å². The lowest BCUT2D eigenvalue weighted by molar-refractivity contribution is 0.290. The Morgan fingerprint density at radius 3 is 2.81 bits per heavy atom. The number of halogens is 2. The van der Waals surface area contributed by atoms with Crippen molar-refractivity contribution in [2.75, 3.05) is 13.7 Å². The van der Waals surface area contributed by atoms with Gasteiger partial charge in [0.25, 0.3) is 5.88 Å². The molecule has 0 spiro atoms. The molecule has 0 N–H and O–H groups in total. The molecule has 1 aromatic carbocycles. The van der Waals surface area contributed by atoms with Crippen molar-refractivity contribution in [3.63, 3.8) is 0 Å². The molecule has 0 aliphatic rings. The number of methoxy groups -OCH3 is 1. The molecule has 3 heterocycles. The van der Waals surface area contributed by atoms with Gasteiger partial charge in [0.05, 0.1) is 25.4 Å². The lowest BCUT2D eigenvalue weighted by Crippen LogP contribution is -1.99. The molecule has 0 unspecified atom stereocenters. The molecule has 0 aliphatic heterocycles. The summed E-state index contributed by atoms with van der Waals surface area (Å²) in [5.41, 5.74) is 1.97. The molecule has 27 heavy (non-hydrogen) atoms. The molecular weight excluding hydrogens is 389 g/mol. The van der Waals surface area contributed by atoms with Crippen LogP contribution in [0.15, 0.2) is 30.5 Å². The van der Waals surface area contributed by atoms with E-state index in [2.05, 4.69) is 15.0 Å². The number of hydrogen-bond donors (Lipinski definition) is 0. The highest BCUT2D eigenvalue weighted by Gasteiger charge is 2.16. The summed E-state index contributed by atoms with van der Waals surface area (Å²) in [6, 6.07) is 6.82. The number of pyridine rings is 2. The Hall–Kier alpha value is -2.51. The molecule has 0 atom stereocenters. The minimum Gasteiger partial charge on any atom is -0.495 e. The van der Waals surface area contributed by atoms with E-state index in [-0.39, 0.29) is 5.88 Å². The summed E-state index contributed by atoms with van der Waals surface area (Å²) in [5, 5.41) is 2.05. The first kappa shape index (κ1) is 17.9. The molecule has 8 heteroatoms. The third kappa shape index (κ3) is 3.40. The van der Waals surface area contributed by atoms with Crippen LogP contribution in [0.4, 0.5) is 4.39 Å².